The normalized spacial score (nSPS) is 9.75. The number of aryl methyl sites for hydroxylation is 2. The summed E-state index contributed by atoms with van der Waals surface area (Å²) in [6.07, 6.45) is 0. The molecule has 2 aromatic heterocycles. The van der Waals surface area contributed by atoms with E-state index in [2.05, 4.69) is 24.8 Å². The van der Waals surface area contributed by atoms with Crippen LogP contribution >= 0.6 is 0 Å². The van der Waals surface area contributed by atoms with Gasteiger partial charge in [0.1, 0.15) is 6.07 Å². The molecular formula is C10H6N6. The van der Waals surface area contributed by atoms with Crippen LogP contribution in [0.4, 0.5) is 5.82 Å². The molecule has 0 spiro atoms. The van der Waals surface area contributed by atoms with Crippen LogP contribution in [0, 0.1) is 31.8 Å². The molecular weight excluding hydrogens is 204 g/mol. The Morgan fingerprint density at radius 3 is 2.12 bits per heavy atom. The Hall–Kier alpha value is -2.60. The maximum Gasteiger partial charge on any atom is 0.308 e. The van der Waals surface area contributed by atoms with Gasteiger partial charge in [-0.3, -0.25) is 0 Å². The monoisotopic (exact) mass is 210 g/mol. The first kappa shape index (κ1) is 9.94. The van der Waals surface area contributed by atoms with Gasteiger partial charge in [-0.15, -0.1) is 0 Å². The van der Waals surface area contributed by atoms with Crippen LogP contribution in [0.2, 0.25) is 0 Å². The van der Waals surface area contributed by atoms with E-state index in [1.165, 1.54) is 0 Å². The highest BCUT2D eigenvalue weighted by Gasteiger charge is 2.13. The zero-order valence-electron chi connectivity index (χ0n) is 8.68. The van der Waals surface area contributed by atoms with E-state index in [1.807, 2.05) is 6.07 Å². The Bertz CT molecular complexity index is 603. The third kappa shape index (κ3) is 1.43. The van der Waals surface area contributed by atoms with Gasteiger partial charge < -0.3 is 4.85 Å². The smallest absolute Gasteiger partial charge is 0.308 e. The second-order valence-corrected chi connectivity index (χ2v) is 3.16. The minimum absolute atomic E-state index is 0.0138. The Kier molecular flexibility index (Phi) is 2.19. The molecule has 0 N–H and O–H groups in total. The van der Waals surface area contributed by atoms with E-state index in [0.29, 0.717) is 11.3 Å². The summed E-state index contributed by atoms with van der Waals surface area (Å²) in [4.78, 5) is 19.4. The zero-order chi connectivity index (χ0) is 11.7. The first-order valence-electron chi connectivity index (χ1n) is 4.46. The molecule has 0 bridgehead atoms. The van der Waals surface area contributed by atoms with Crippen LogP contribution in [0.25, 0.3) is 16.1 Å². The quantitative estimate of drug-likeness (QED) is 0.615. The third-order valence-electron chi connectivity index (χ3n) is 2.12. The van der Waals surface area contributed by atoms with Crippen molar-refractivity contribution in [2.24, 2.45) is 0 Å². The summed E-state index contributed by atoms with van der Waals surface area (Å²) in [5.74, 6) is -0.0347. The first-order chi connectivity index (χ1) is 7.65. The van der Waals surface area contributed by atoms with E-state index in [4.69, 9.17) is 11.8 Å². The number of hydrogen-bond donors (Lipinski definition) is 0. The highest BCUT2D eigenvalue weighted by molar-refractivity contribution is 5.70. The van der Waals surface area contributed by atoms with Crippen molar-refractivity contribution in [1.82, 2.24) is 19.9 Å². The highest BCUT2D eigenvalue weighted by atomic mass is 15.0. The largest absolute Gasteiger partial charge is 0.358 e. The molecule has 0 radical (unpaired) electrons. The minimum Gasteiger partial charge on any atom is -0.358 e. The Morgan fingerprint density at radius 2 is 1.62 bits per heavy atom. The number of hydrogen-bond acceptors (Lipinski definition) is 5. The summed E-state index contributed by atoms with van der Waals surface area (Å²) in [5, 5.41) is 8.79. The number of nitrogens with zero attached hydrogens (tertiary/aromatic N) is 6. The number of fused-ring (bicyclic) bond motifs is 1. The van der Waals surface area contributed by atoms with Crippen molar-refractivity contribution in [2.45, 2.75) is 13.8 Å². The predicted molar refractivity (Wildman–Crippen MR) is 55.6 cm³/mol. The lowest BCUT2D eigenvalue weighted by atomic mass is 10.3. The molecule has 0 aliphatic rings. The molecule has 0 saturated heterocycles. The molecule has 6 nitrogen and oxygen atoms in total. The standard InChI is InChI=1S/C10H6N6/c1-5-6(2)14-10-9(13-5)15-7(4-11)8(12-3)16-10/h1-2H3. The van der Waals surface area contributed by atoms with Crippen molar-refractivity contribution in [3.63, 3.8) is 0 Å². The fraction of sp³-hybridized carbons (Fsp3) is 0.200. The van der Waals surface area contributed by atoms with Gasteiger partial charge in [-0.25, -0.2) is 15.0 Å². The fourth-order valence-corrected chi connectivity index (χ4v) is 1.19. The highest BCUT2D eigenvalue weighted by Crippen LogP contribution is 2.17. The van der Waals surface area contributed by atoms with Crippen LogP contribution in [0.5, 0.6) is 0 Å². The summed E-state index contributed by atoms with van der Waals surface area (Å²) < 4.78 is 0. The van der Waals surface area contributed by atoms with Gasteiger partial charge in [0.15, 0.2) is 5.69 Å². The van der Waals surface area contributed by atoms with E-state index in [1.54, 1.807) is 13.8 Å². The molecule has 0 fully saturated rings. The van der Waals surface area contributed by atoms with Crippen LogP contribution in [0.3, 0.4) is 0 Å². The minimum atomic E-state index is -0.0347. The molecule has 6 heteroatoms. The molecule has 0 aromatic carbocycles. The van der Waals surface area contributed by atoms with Gasteiger partial charge in [0.05, 0.1) is 11.4 Å². The lowest BCUT2D eigenvalue weighted by molar-refractivity contribution is 1.05. The lowest BCUT2D eigenvalue weighted by Gasteiger charge is -1.99. The Labute approximate surface area is 91.4 Å². The van der Waals surface area contributed by atoms with Gasteiger partial charge in [-0.05, 0) is 13.8 Å². The van der Waals surface area contributed by atoms with Crippen molar-refractivity contribution >= 4 is 17.1 Å². The van der Waals surface area contributed by atoms with E-state index < -0.39 is 0 Å². The maximum absolute atomic E-state index is 8.79. The summed E-state index contributed by atoms with van der Waals surface area (Å²) in [5.41, 5.74) is 2.06. The van der Waals surface area contributed by atoms with Gasteiger partial charge in [-0.2, -0.15) is 5.26 Å². The van der Waals surface area contributed by atoms with Crippen LogP contribution < -0.4 is 0 Å². The van der Waals surface area contributed by atoms with Crippen molar-refractivity contribution in [3.8, 4) is 6.07 Å². The Morgan fingerprint density at radius 1 is 1.06 bits per heavy atom. The molecule has 2 rings (SSSR count). The molecule has 2 aromatic rings. The fourth-order valence-electron chi connectivity index (χ4n) is 1.19. The van der Waals surface area contributed by atoms with Crippen LogP contribution in [0.15, 0.2) is 0 Å². The number of nitriles is 1. The third-order valence-corrected chi connectivity index (χ3v) is 2.12. The summed E-state index contributed by atoms with van der Waals surface area (Å²) >= 11 is 0. The van der Waals surface area contributed by atoms with Crippen LogP contribution in [-0.2, 0) is 0 Å². The number of rotatable bonds is 0. The SMILES string of the molecule is [C-]#[N+]c1nc2nc(C)c(C)nc2nc1C#N. The van der Waals surface area contributed by atoms with E-state index in [-0.39, 0.29) is 11.5 Å². The van der Waals surface area contributed by atoms with Gasteiger partial charge in [0.25, 0.3) is 5.65 Å². The van der Waals surface area contributed by atoms with Crippen LogP contribution in [-0.4, -0.2) is 19.9 Å². The molecule has 0 aliphatic heterocycles. The van der Waals surface area contributed by atoms with Crippen molar-refractivity contribution < 1.29 is 0 Å². The first-order valence-corrected chi connectivity index (χ1v) is 4.46. The van der Waals surface area contributed by atoms with E-state index >= 15 is 0 Å². The van der Waals surface area contributed by atoms with Gasteiger partial charge in [0.2, 0.25) is 5.65 Å². The lowest BCUT2D eigenvalue weighted by Crippen LogP contribution is -1.99. The zero-order valence-corrected chi connectivity index (χ0v) is 8.68. The molecule has 0 atom stereocenters. The molecule has 0 aliphatic carbocycles. The summed E-state index contributed by atoms with van der Waals surface area (Å²) in [6, 6.07) is 1.82. The van der Waals surface area contributed by atoms with Crippen LogP contribution in [0.1, 0.15) is 17.1 Å². The Balaban J connectivity index is 2.86. The maximum atomic E-state index is 8.79. The van der Waals surface area contributed by atoms with Gasteiger partial charge >= 0.3 is 5.82 Å². The van der Waals surface area contributed by atoms with Crippen molar-refractivity contribution in [1.29, 1.82) is 5.26 Å². The van der Waals surface area contributed by atoms with E-state index in [9.17, 15) is 0 Å². The van der Waals surface area contributed by atoms with E-state index in [0.717, 1.165) is 11.4 Å². The predicted octanol–water partition coefficient (Wildman–Crippen LogP) is 1.46. The van der Waals surface area contributed by atoms with Crippen molar-refractivity contribution in [2.75, 3.05) is 0 Å². The molecule has 0 amide bonds. The molecule has 0 unspecified atom stereocenters. The summed E-state index contributed by atoms with van der Waals surface area (Å²) in [7, 11) is 0. The van der Waals surface area contributed by atoms with Gasteiger partial charge in [-0.1, -0.05) is 11.6 Å². The summed E-state index contributed by atoms with van der Waals surface area (Å²) in [6.45, 7) is 10.5. The average Bonchev–Trinajstić information content (AvgIpc) is 2.29. The molecule has 76 valence electrons. The second kappa shape index (κ2) is 3.52. The van der Waals surface area contributed by atoms with Crippen molar-refractivity contribution in [3.05, 3.63) is 28.5 Å². The average molecular weight is 210 g/mol. The molecule has 2 heterocycles. The molecule has 16 heavy (non-hydrogen) atoms. The van der Waals surface area contributed by atoms with Gasteiger partial charge in [0, 0.05) is 0 Å². The number of aromatic nitrogens is 4. The topological polar surface area (TPSA) is 79.7 Å². The second-order valence-electron chi connectivity index (χ2n) is 3.16. The molecule has 0 saturated carbocycles.